The molecule has 0 atom stereocenters. The van der Waals surface area contributed by atoms with Crippen molar-refractivity contribution in [3.05, 3.63) is 35.0 Å². The maximum atomic E-state index is 11.8. The van der Waals surface area contributed by atoms with E-state index < -0.39 is 0 Å². The fourth-order valence-electron chi connectivity index (χ4n) is 1.73. The summed E-state index contributed by atoms with van der Waals surface area (Å²) in [6, 6.07) is 5.89. The summed E-state index contributed by atoms with van der Waals surface area (Å²) in [6.07, 6.45) is 3.93. The van der Waals surface area contributed by atoms with Gasteiger partial charge in [0, 0.05) is 28.7 Å². The maximum Gasteiger partial charge on any atom is 0.251 e. The van der Waals surface area contributed by atoms with Crippen LogP contribution in [0.25, 0.3) is 10.9 Å². The molecule has 1 aliphatic carbocycles. The van der Waals surface area contributed by atoms with Gasteiger partial charge >= 0.3 is 0 Å². The normalized spacial score (nSPS) is 14.4. The van der Waals surface area contributed by atoms with Gasteiger partial charge in [0.2, 0.25) is 0 Å². The van der Waals surface area contributed by atoms with Gasteiger partial charge in [-0.05, 0) is 25.0 Å². The summed E-state index contributed by atoms with van der Waals surface area (Å²) in [4.78, 5) is 14.8. The number of benzene rings is 1. The van der Waals surface area contributed by atoms with Crippen LogP contribution in [0.5, 0.6) is 0 Å². The van der Waals surface area contributed by atoms with Crippen molar-refractivity contribution in [3.63, 3.8) is 0 Å². The Morgan fingerprint density at radius 3 is 2.88 bits per heavy atom. The predicted octanol–water partition coefficient (Wildman–Crippen LogP) is 3.14. The van der Waals surface area contributed by atoms with Gasteiger partial charge in [0.25, 0.3) is 5.91 Å². The van der Waals surface area contributed by atoms with Crippen LogP contribution in [0.3, 0.4) is 0 Å². The van der Waals surface area contributed by atoms with Gasteiger partial charge in [0.1, 0.15) is 0 Å². The SMILES string of the molecule is Cl.O=C(NC1CC1)c1ccc2c(Cl)c[nH]c2c1. The molecule has 1 heterocycles. The van der Waals surface area contributed by atoms with Gasteiger partial charge in [0.05, 0.1) is 5.02 Å². The van der Waals surface area contributed by atoms with E-state index in [1.54, 1.807) is 12.3 Å². The summed E-state index contributed by atoms with van der Waals surface area (Å²) in [5, 5.41) is 4.59. The van der Waals surface area contributed by atoms with Crippen LogP contribution in [-0.4, -0.2) is 16.9 Å². The standard InChI is InChI=1S/C12H11ClN2O.ClH/c13-10-6-14-11-5-7(1-4-9(10)11)12(16)15-8-2-3-8;/h1,4-6,8,14H,2-3H2,(H,15,16);1H. The molecule has 0 saturated heterocycles. The molecule has 2 N–H and O–H groups in total. The van der Waals surface area contributed by atoms with Crippen molar-refractivity contribution in [1.29, 1.82) is 0 Å². The van der Waals surface area contributed by atoms with Crippen molar-refractivity contribution >= 4 is 40.8 Å². The first kappa shape index (κ1) is 12.3. The lowest BCUT2D eigenvalue weighted by Crippen LogP contribution is -2.25. The molecule has 1 aromatic carbocycles. The molecule has 0 unspecified atom stereocenters. The monoisotopic (exact) mass is 270 g/mol. The number of H-pyrrole nitrogens is 1. The van der Waals surface area contributed by atoms with Crippen molar-refractivity contribution in [2.24, 2.45) is 0 Å². The molecule has 0 aliphatic heterocycles. The Labute approximate surface area is 110 Å². The van der Waals surface area contributed by atoms with E-state index in [2.05, 4.69) is 10.3 Å². The lowest BCUT2D eigenvalue weighted by molar-refractivity contribution is 0.0951. The number of nitrogens with one attached hydrogen (secondary N) is 2. The van der Waals surface area contributed by atoms with Crippen molar-refractivity contribution in [3.8, 4) is 0 Å². The van der Waals surface area contributed by atoms with Crippen LogP contribution < -0.4 is 5.32 Å². The first-order valence-electron chi connectivity index (χ1n) is 5.31. The maximum absolute atomic E-state index is 11.8. The number of carbonyl (C=O) groups excluding carboxylic acids is 1. The third-order valence-corrected chi connectivity index (χ3v) is 3.12. The Bertz CT molecular complexity index is 561. The van der Waals surface area contributed by atoms with Crippen molar-refractivity contribution < 1.29 is 4.79 Å². The van der Waals surface area contributed by atoms with E-state index in [0.717, 1.165) is 23.7 Å². The Hall–Kier alpha value is -1.19. The van der Waals surface area contributed by atoms with Crippen LogP contribution >= 0.6 is 24.0 Å². The van der Waals surface area contributed by atoms with E-state index in [0.29, 0.717) is 16.6 Å². The Kier molecular flexibility index (Phi) is 3.31. The third-order valence-electron chi connectivity index (χ3n) is 2.81. The van der Waals surface area contributed by atoms with Gasteiger partial charge in [-0.15, -0.1) is 12.4 Å². The summed E-state index contributed by atoms with van der Waals surface area (Å²) in [7, 11) is 0. The molecule has 0 bridgehead atoms. The lowest BCUT2D eigenvalue weighted by atomic mass is 10.1. The predicted molar refractivity (Wildman–Crippen MR) is 71.0 cm³/mol. The number of aromatic nitrogens is 1. The summed E-state index contributed by atoms with van der Waals surface area (Å²) < 4.78 is 0. The van der Waals surface area contributed by atoms with E-state index in [-0.39, 0.29) is 18.3 Å². The average Bonchev–Trinajstić information content (AvgIpc) is 3.02. The highest BCUT2D eigenvalue weighted by molar-refractivity contribution is 6.35. The van der Waals surface area contributed by atoms with Crippen LogP contribution in [-0.2, 0) is 0 Å². The summed E-state index contributed by atoms with van der Waals surface area (Å²) >= 11 is 5.97. The van der Waals surface area contributed by atoms with Gasteiger partial charge in [0.15, 0.2) is 0 Å². The Morgan fingerprint density at radius 2 is 2.18 bits per heavy atom. The highest BCUT2D eigenvalue weighted by atomic mass is 35.5. The molecule has 3 nitrogen and oxygen atoms in total. The van der Waals surface area contributed by atoms with Crippen molar-refractivity contribution in [2.75, 3.05) is 0 Å². The van der Waals surface area contributed by atoms with Crippen LogP contribution in [0.1, 0.15) is 23.2 Å². The number of halogens is 2. The molecule has 0 radical (unpaired) electrons. The molecular formula is C12H12Cl2N2O. The summed E-state index contributed by atoms with van der Waals surface area (Å²) in [6.45, 7) is 0. The number of amides is 1. The molecule has 1 aliphatic rings. The van der Waals surface area contributed by atoms with E-state index in [9.17, 15) is 4.79 Å². The number of hydrogen-bond acceptors (Lipinski definition) is 1. The number of fused-ring (bicyclic) bond motifs is 1. The minimum Gasteiger partial charge on any atom is -0.360 e. The minimum absolute atomic E-state index is 0. The fraction of sp³-hybridized carbons (Fsp3) is 0.250. The molecule has 1 saturated carbocycles. The number of rotatable bonds is 2. The highest BCUT2D eigenvalue weighted by Crippen LogP contribution is 2.24. The Morgan fingerprint density at radius 1 is 1.41 bits per heavy atom. The first-order chi connectivity index (χ1) is 7.74. The Balaban J connectivity index is 0.00000108. The molecule has 1 amide bonds. The van der Waals surface area contributed by atoms with Gasteiger partial charge in [-0.1, -0.05) is 17.7 Å². The molecule has 17 heavy (non-hydrogen) atoms. The molecule has 1 fully saturated rings. The smallest absolute Gasteiger partial charge is 0.251 e. The second kappa shape index (κ2) is 4.59. The summed E-state index contributed by atoms with van der Waals surface area (Å²) in [5.74, 6) is -0.00452. The zero-order valence-corrected chi connectivity index (χ0v) is 10.6. The zero-order valence-electron chi connectivity index (χ0n) is 9.00. The van der Waals surface area contributed by atoms with Crippen LogP contribution in [0.15, 0.2) is 24.4 Å². The quantitative estimate of drug-likeness (QED) is 0.865. The van der Waals surface area contributed by atoms with Gasteiger partial charge in [-0.3, -0.25) is 4.79 Å². The highest BCUT2D eigenvalue weighted by Gasteiger charge is 2.23. The first-order valence-corrected chi connectivity index (χ1v) is 5.69. The summed E-state index contributed by atoms with van der Waals surface area (Å²) in [5.41, 5.74) is 1.58. The van der Waals surface area contributed by atoms with Crippen LogP contribution in [0.2, 0.25) is 5.02 Å². The number of aromatic amines is 1. The number of hydrogen-bond donors (Lipinski definition) is 2. The van der Waals surface area contributed by atoms with Crippen LogP contribution in [0, 0.1) is 0 Å². The second-order valence-corrected chi connectivity index (χ2v) is 4.55. The molecule has 90 valence electrons. The van der Waals surface area contributed by atoms with Gasteiger partial charge < -0.3 is 10.3 Å². The van der Waals surface area contributed by atoms with E-state index >= 15 is 0 Å². The van der Waals surface area contributed by atoms with Gasteiger partial charge in [-0.2, -0.15) is 0 Å². The molecule has 0 spiro atoms. The molecular weight excluding hydrogens is 259 g/mol. The number of carbonyl (C=O) groups is 1. The van der Waals surface area contributed by atoms with Crippen molar-refractivity contribution in [1.82, 2.24) is 10.3 Å². The average molecular weight is 271 g/mol. The third kappa shape index (κ3) is 2.40. The topological polar surface area (TPSA) is 44.9 Å². The lowest BCUT2D eigenvalue weighted by Gasteiger charge is -2.03. The minimum atomic E-state index is -0.00452. The second-order valence-electron chi connectivity index (χ2n) is 4.14. The van der Waals surface area contributed by atoms with Gasteiger partial charge in [-0.25, -0.2) is 0 Å². The fourth-order valence-corrected chi connectivity index (χ4v) is 1.95. The molecule has 3 rings (SSSR count). The largest absolute Gasteiger partial charge is 0.360 e. The van der Waals surface area contributed by atoms with Crippen LogP contribution in [0.4, 0.5) is 0 Å². The zero-order chi connectivity index (χ0) is 11.1. The van der Waals surface area contributed by atoms with E-state index in [1.807, 2.05) is 12.1 Å². The van der Waals surface area contributed by atoms with E-state index in [4.69, 9.17) is 11.6 Å². The van der Waals surface area contributed by atoms with E-state index in [1.165, 1.54) is 0 Å². The van der Waals surface area contributed by atoms with Crippen molar-refractivity contribution in [2.45, 2.75) is 18.9 Å². The molecule has 2 aromatic rings. The molecule has 5 heteroatoms. The molecule has 1 aromatic heterocycles.